The molecule has 2 rings (SSSR count). The molecule has 1 heterocycles. The zero-order chi connectivity index (χ0) is 13.7. The van der Waals surface area contributed by atoms with Crippen LogP contribution in [0.1, 0.15) is 49.8 Å². The van der Waals surface area contributed by atoms with Gasteiger partial charge in [-0.1, -0.05) is 56.0 Å². The lowest BCUT2D eigenvalue weighted by atomic mass is 10.1. The Morgan fingerprint density at radius 1 is 1.21 bits per heavy atom. The second kappa shape index (κ2) is 6.71. The summed E-state index contributed by atoms with van der Waals surface area (Å²) in [6.45, 7) is 4.72. The minimum absolute atomic E-state index is 0.108. The van der Waals surface area contributed by atoms with Gasteiger partial charge in [0, 0.05) is 0 Å². The van der Waals surface area contributed by atoms with Gasteiger partial charge in [-0.2, -0.15) is 0 Å². The Bertz CT molecular complexity index is 411. The van der Waals surface area contributed by atoms with Crippen LogP contribution in [0.15, 0.2) is 24.3 Å². The molecule has 0 bridgehead atoms. The van der Waals surface area contributed by atoms with E-state index in [4.69, 9.17) is 9.47 Å². The van der Waals surface area contributed by atoms with Crippen molar-refractivity contribution in [1.29, 1.82) is 0 Å². The first-order valence-corrected chi connectivity index (χ1v) is 7.11. The Kier molecular flexibility index (Phi) is 4.97. The third-order valence-corrected chi connectivity index (χ3v) is 3.37. The Morgan fingerprint density at radius 3 is 2.63 bits per heavy atom. The van der Waals surface area contributed by atoms with Gasteiger partial charge in [0.2, 0.25) is 0 Å². The maximum atomic E-state index is 11.7. The van der Waals surface area contributed by atoms with Gasteiger partial charge in [0.25, 0.3) is 0 Å². The highest BCUT2D eigenvalue weighted by atomic mass is 16.6. The molecule has 0 spiro atoms. The molecule has 1 aromatic rings. The average molecular weight is 262 g/mol. The molecule has 1 aliphatic rings. The van der Waals surface area contributed by atoms with Crippen LogP contribution in [0.4, 0.5) is 0 Å². The summed E-state index contributed by atoms with van der Waals surface area (Å²) in [6.07, 6.45) is 3.95. The number of carbonyl (C=O) groups is 1. The standard InChI is InChI=1S/C16H22O3/c1-3-4-5-6-11-18-16(17)15-14(19-15)13-9-7-12(2)8-10-13/h7-10,14-15H,3-6,11H2,1-2H3. The predicted molar refractivity (Wildman–Crippen MR) is 73.9 cm³/mol. The van der Waals surface area contributed by atoms with E-state index >= 15 is 0 Å². The van der Waals surface area contributed by atoms with Crippen molar-refractivity contribution in [3.05, 3.63) is 35.4 Å². The fourth-order valence-electron chi connectivity index (χ4n) is 2.08. The quantitative estimate of drug-likeness (QED) is 0.428. The normalized spacial score (nSPS) is 21.2. The van der Waals surface area contributed by atoms with Crippen LogP contribution < -0.4 is 0 Å². The molecule has 1 aliphatic heterocycles. The van der Waals surface area contributed by atoms with Crippen LogP contribution in [0.5, 0.6) is 0 Å². The van der Waals surface area contributed by atoms with E-state index in [2.05, 4.69) is 6.92 Å². The molecule has 0 aromatic heterocycles. The summed E-state index contributed by atoms with van der Waals surface area (Å²) in [4.78, 5) is 11.7. The fourth-order valence-corrected chi connectivity index (χ4v) is 2.08. The summed E-state index contributed by atoms with van der Waals surface area (Å²) in [6, 6.07) is 8.08. The first-order valence-electron chi connectivity index (χ1n) is 7.11. The highest BCUT2D eigenvalue weighted by molar-refractivity contribution is 5.78. The lowest BCUT2D eigenvalue weighted by Gasteiger charge is -2.02. The SMILES string of the molecule is CCCCCCOC(=O)C1OC1c1ccc(C)cc1. The number of aryl methyl sites for hydroxylation is 1. The summed E-state index contributed by atoms with van der Waals surface area (Å²) in [5, 5.41) is 0. The third-order valence-electron chi connectivity index (χ3n) is 3.37. The van der Waals surface area contributed by atoms with E-state index in [0.717, 1.165) is 18.4 Å². The summed E-state index contributed by atoms with van der Waals surface area (Å²) in [7, 11) is 0. The summed E-state index contributed by atoms with van der Waals surface area (Å²) < 4.78 is 10.6. The van der Waals surface area contributed by atoms with Gasteiger partial charge in [0.15, 0.2) is 6.10 Å². The van der Waals surface area contributed by atoms with E-state index in [0.29, 0.717) is 6.61 Å². The molecule has 2 atom stereocenters. The summed E-state index contributed by atoms with van der Waals surface area (Å²) >= 11 is 0. The molecular formula is C16H22O3. The Balaban J connectivity index is 1.70. The van der Waals surface area contributed by atoms with E-state index < -0.39 is 6.10 Å². The molecule has 104 valence electrons. The number of benzene rings is 1. The highest BCUT2D eigenvalue weighted by Gasteiger charge is 2.47. The molecule has 0 radical (unpaired) electrons. The Labute approximate surface area is 114 Å². The molecule has 1 fully saturated rings. The maximum absolute atomic E-state index is 11.7. The van der Waals surface area contributed by atoms with Gasteiger partial charge in [0.1, 0.15) is 6.10 Å². The van der Waals surface area contributed by atoms with Crippen LogP contribution in [0.25, 0.3) is 0 Å². The van der Waals surface area contributed by atoms with Gasteiger partial charge in [-0.3, -0.25) is 0 Å². The van der Waals surface area contributed by atoms with Gasteiger partial charge in [-0.15, -0.1) is 0 Å². The number of epoxide rings is 1. The first kappa shape index (κ1) is 14.1. The number of ether oxygens (including phenoxy) is 2. The van der Waals surface area contributed by atoms with Crippen molar-refractivity contribution < 1.29 is 14.3 Å². The van der Waals surface area contributed by atoms with Gasteiger partial charge in [-0.05, 0) is 18.9 Å². The molecule has 1 aromatic carbocycles. The zero-order valence-corrected chi connectivity index (χ0v) is 11.7. The predicted octanol–water partition coefficient (Wildman–Crippen LogP) is 3.56. The maximum Gasteiger partial charge on any atom is 0.338 e. The summed E-state index contributed by atoms with van der Waals surface area (Å²) in [5.74, 6) is -0.220. The van der Waals surface area contributed by atoms with E-state index in [1.165, 1.54) is 18.4 Å². The van der Waals surface area contributed by atoms with Crippen LogP contribution in [-0.4, -0.2) is 18.7 Å². The fraction of sp³-hybridized carbons (Fsp3) is 0.562. The molecule has 0 N–H and O–H groups in total. The van der Waals surface area contributed by atoms with Gasteiger partial charge >= 0.3 is 5.97 Å². The van der Waals surface area contributed by atoms with Crippen LogP contribution in [0, 0.1) is 6.92 Å². The number of rotatable bonds is 7. The largest absolute Gasteiger partial charge is 0.464 e. The molecule has 19 heavy (non-hydrogen) atoms. The third kappa shape index (κ3) is 4.06. The second-order valence-electron chi connectivity index (χ2n) is 5.12. The molecule has 3 heteroatoms. The number of carbonyl (C=O) groups excluding carboxylic acids is 1. The molecule has 1 saturated heterocycles. The van der Waals surface area contributed by atoms with Gasteiger partial charge in [0.05, 0.1) is 6.61 Å². The van der Waals surface area contributed by atoms with Crippen molar-refractivity contribution in [3.8, 4) is 0 Å². The minimum atomic E-state index is -0.395. The zero-order valence-electron chi connectivity index (χ0n) is 11.7. The van der Waals surface area contributed by atoms with Gasteiger partial charge < -0.3 is 9.47 Å². The topological polar surface area (TPSA) is 38.8 Å². The van der Waals surface area contributed by atoms with Crippen molar-refractivity contribution in [3.63, 3.8) is 0 Å². The lowest BCUT2D eigenvalue weighted by molar-refractivity contribution is -0.145. The smallest absolute Gasteiger partial charge is 0.338 e. The number of hydrogen-bond donors (Lipinski definition) is 0. The van der Waals surface area contributed by atoms with Crippen molar-refractivity contribution in [1.82, 2.24) is 0 Å². The van der Waals surface area contributed by atoms with Crippen molar-refractivity contribution in [2.75, 3.05) is 6.61 Å². The first-order chi connectivity index (χ1) is 9.22. The second-order valence-corrected chi connectivity index (χ2v) is 5.12. The lowest BCUT2D eigenvalue weighted by Crippen LogP contribution is -2.13. The van der Waals surface area contributed by atoms with E-state index in [9.17, 15) is 4.79 Å². The van der Waals surface area contributed by atoms with Crippen LogP contribution >= 0.6 is 0 Å². The Morgan fingerprint density at radius 2 is 1.95 bits per heavy atom. The van der Waals surface area contributed by atoms with Crippen molar-refractivity contribution in [2.24, 2.45) is 0 Å². The Hall–Kier alpha value is -1.35. The van der Waals surface area contributed by atoms with Crippen molar-refractivity contribution in [2.45, 2.75) is 51.7 Å². The number of hydrogen-bond acceptors (Lipinski definition) is 3. The van der Waals surface area contributed by atoms with Crippen LogP contribution in [0.2, 0.25) is 0 Å². The molecular weight excluding hydrogens is 240 g/mol. The summed E-state index contributed by atoms with van der Waals surface area (Å²) in [5.41, 5.74) is 2.26. The molecule has 3 nitrogen and oxygen atoms in total. The average Bonchev–Trinajstić information content (AvgIpc) is 3.19. The molecule has 0 aliphatic carbocycles. The molecule has 0 saturated carbocycles. The van der Waals surface area contributed by atoms with E-state index in [1.807, 2.05) is 31.2 Å². The van der Waals surface area contributed by atoms with Crippen molar-refractivity contribution >= 4 is 5.97 Å². The highest BCUT2D eigenvalue weighted by Crippen LogP contribution is 2.39. The van der Waals surface area contributed by atoms with E-state index in [1.54, 1.807) is 0 Å². The molecule has 0 amide bonds. The minimum Gasteiger partial charge on any atom is -0.464 e. The number of unbranched alkanes of at least 4 members (excludes halogenated alkanes) is 3. The monoisotopic (exact) mass is 262 g/mol. The molecule has 2 unspecified atom stereocenters. The van der Waals surface area contributed by atoms with Crippen LogP contribution in [0.3, 0.4) is 0 Å². The number of esters is 1. The van der Waals surface area contributed by atoms with Gasteiger partial charge in [-0.25, -0.2) is 4.79 Å². The van der Waals surface area contributed by atoms with E-state index in [-0.39, 0.29) is 12.1 Å². The van der Waals surface area contributed by atoms with Crippen LogP contribution in [-0.2, 0) is 14.3 Å².